The second kappa shape index (κ2) is 6.60. The summed E-state index contributed by atoms with van der Waals surface area (Å²) in [6.45, 7) is 2.93. The van der Waals surface area contributed by atoms with E-state index in [0.717, 1.165) is 6.54 Å². The average Bonchev–Trinajstić information content (AvgIpc) is 3.18. The molecular weight excluding hydrogens is 285 g/mol. The first-order chi connectivity index (χ1) is 9.11. The van der Waals surface area contributed by atoms with Gasteiger partial charge in [-0.25, -0.2) is 4.79 Å². The maximum absolute atomic E-state index is 12.1. The molecule has 19 heavy (non-hydrogen) atoms. The van der Waals surface area contributed by atoms with Crippen LogP contribution < -0.4 is 5.32 Å². The molecule has 1 N–H and O–H groups in total. The number of rotatable bonds is 6. The summed E-state index contributed by atoms with van der Waals surface area (Å²) in [5.74, 6) is 0.349. The van der Waals surface area contributed by atoms with Crippen LogP contribution in [0.25, 0.3) is 0 Å². The van der Waals surface area contributed by atoms with Gasteiger partial charge in [0, 0.05) is 15.6 Å². The molecule has 3 nitrogen and oxygen atoms in total. The first-order valence-electron chi connectivity index (χ1n) is 6.46. The van der Waals surface area contributed by atoms with Crippen molar-refractivity contribution in [3.05, 3.63) is 33.8 Å². The summed E-state index contributed by atoms with van der Waals surface area (Å²) in [6, 6.07) is 4.57. The van der Waals surface area contributed by atoms with E-state index in [1.165, 1.54) is 12.8 Å². The molecule has 1 fully saturated rings. The summed E-state index contributed by atoms with van der Waals surface area (Å²) in [7, 11) is 0. The third-order valence-corrected chi connectivity index (χ3v) is 3.68. The quantitative estimate of drug-likeness (QED) is 0.816. The maximum Gasteiger partial charge on any atom is 0.327 e. The van der Waals surface area contributed by atoms with Crippen LogP contribution in [0.15, 0.2) is 18.2 Å². The molecule has 2 rings (SSSR count). The smallest absolute Gasteiger partial charge is 0.327 e. The Hall–Kier alpha value is -0.770. The molecule has 0 aliphatic heterocycles. The lowest BCUT2D eigenvalue weighted by Crippen LogP contribution is -2.32. The zero-order valence-electron chi connectivity index (χ0n) is 10.8. The highest BCUT2D eigenvalue weighted by Gasteiger charge is 2.28. The summed E-state index contributed by atoms with van der Waals surface area (Å²) in [4.78, 5) is 12.1. The van der Waals surface area contributed by atoms with Crippen LogP contribution in [0.4, 0.5) is 0 Å². The fraction of sp³-hybridized carbons (Fsp3) is 0.500. The molecule has 0 spiro atoms. The van der Waals surface area contributed by atoms with Crippen molar-refractivity contribution in [3.8, 4) is 0 Å². The number of nitrogens with one attached hydrogen (secondary N) is 1. The highest BCUT2D eigenvalue weighted by molar-refractivity contribution is 6.33. The van der Waals surface area contributed by atoms with Crippen LogP contribution in [0.5, 0.6) is 0 Å². The van der Waals surface area contributed by atoms with E-state index < -0.39 is 6.04 Å². The highest BCUT2D eigenvalue weighted by Crippen LogP contribution is 2.31. The SMILES string of the molecule is CCOC(=O)C(NCC1CC1)c1cc(Cl)ccc1Cl. The van der Waals surface area contributed by atoms with Gasteiger partial charge in [-0.15, -0.1) is 0 Å². The summed E-state index contributed by atoms with van der Waals surface area (Å²) < 4.78 is 5.10. The standard InChI is InChI=1S/C14H17Cl2NO2/c1-2-19-14(18)13(17-8-9-3-4-9)11-7-10(15)5-6-12(11)16/h5-7,9,13,17H,2-4,8H2,1H3. The number of carbonyl (C=O) groups is 1. The van der Waals surface area contributed by atoms with Gasteiger partial charge in [-0.05, 0) is 50.4 Å². The van der Waals surface area contributed by atoms with Gasteiger partial charge in [0.25, 0.3) is 0 Å². The molecule has 0 aromatic heterocycles. The van der Waals surface area contributed by atoms with Gasteiger partial charge in [-0.2, -0.15) is 0 Å². The van der Waals surface area contributed by atoms with Crippen molar-refractivity contribution < 1.29 is 9.53 Å². The van der Waals surface area contributed by atoms with E-state index in [0.29, 0.717) is 28.1 Å². The minimum Gasteiger partial charge on any atom is -0.465 e. The molecule has 0 heterocycles. The molecule has 0 saturated heterocycles. The van der Waals surface area contributed by atoms with Crippen molar-refractivity contribution >= 4 is 29.2 Å². The van der Waals surface area contributed by atoms with E-state index in [2.05, 4.69) is 5.32 Å². The number of halogens is 2. The topological polar surface area (TPSA) is 38.3 Å². The van der Waals surface area contributed by atoms with Gasteiger partial charge in [0.2, 0.25) is 0 Å². The van der Waals surface area contributed by atoms with Gasteiger partial charge >= 0.3 is 5.97 Å². The molecule has 1 unspecified atom stereocenters. The molecule has 0 radical (unpaired) electrons. The van der Waals surface area contributed by atoms with Gasteiger partial charge in [0.1, 0.15) is 6.04 Å². The van der Waals surface area contributed by atoms with E-state index in [4.69, 9.17) is 27.9 Å². The van der Waals surface area contributed by atoms with Crippen molar-refractivity contribution in [2.24, 2.45) is 5.92 Å². The zero-order chi connectivity index (χ0) is 13.8. The largest absolute Gasteiger partial charge is 0.465 e. The molecule has 1 atom stereocenters. The average molecular weight is 302 g/mol. The lowest BCUT2D eigenvalue weighted by atomic mass is 10.1. The Morgan fingerprint density at radius 2 is 2.21 bits per heavy atom. The van der Waals surface area contributed by atoms with Crippen molar-refractivity contribution in [2.45, 2.75) is 25.8 Å². The van der Waals surface area contributed by atoms with Gasteiger partial charge in [-0.1, -0.05) is 23.2 Å². The Balaban J connectivity index is 2.18. The normalized spacial score (nSPS) is 16.2. The van der Waals surface area contributed by atoms with Gasteiger partial charge in [0.05, 0.1) is 6.61 Å². The van der Waals surface area contributed by atoms with E-state index in [1.54, 1.807) is 25.1 Å². The molecule has 1 aliphatic carbocycles. The van der Waals surface area contributed by atoms with Gasteiger partial charge in [-0.3, -0.25) is 0 Å². The number of hydrogen-bond acceptors (Lipinski definition) is 3. The zero-order valence-corrected chi connectivity index (χ0v) is 12.3. The van der Waals surface area contributed by atoms with Gasteiger partial charge in [0.15, 0.2) is 0 Å². The lowest BCUT2D eigenvalue weighted by Gasteiger charge is -2.19. The lowest BCUT2D eigenvalue weighted by molar-refractivity contribution is -0.145. The fourth-order valence-corrected chi connectivity index (χ4v) is 2.30. The highest BCUT2D eigenvalue weighted by atomic mass is 35.5. The van der Waals surface area contributed by atoms with E-state index in [9.17, 15) is 4.79 Å². The molecule has 1 aliphatic rings. The second-order valence-corrected chi connectivity index (χ2v) is 5.55. The Bertz CT molecular complexity index is 461. The summed E-state index contributed by atoms with van der Waals surface area (Å²) in [6.07, 6.45) is 2.43. The number of carbonyl (C=O) groups excluding carboxylic acids is 1. The second-order valence-electron chi connectivity index (χ2n) is 4.70. The molecule has 104 valence electrons. The van der Waals surface area contributed by atoms with Crippen LogP contribution in [0.3, 0.4) is 0 Å². The maximum atomic E-state index is 12.1. The molecule has 5 heteroatoms. The van der Waals surface area contributed by atoms with E-state index in [-0.39, 0.29) is 5.97 Å². The predicted octanol–water partition coefficient (Wildman–Crippen LogP) is 3.60. The van der Waals surface area contributed by atoms with Crippen molar-refractivity contribution in [1.29, 1.82) is 0 Å². The predicted molar refractivity (Wildman–Crippen MR) is 76.6 cm³/mol. The number of benzene rings is 1. The van der Waals surface area contributed by atoms with Gasteiger partial charge < -0.3 is 10.1 Å². The van der Waals surface area contributed by atoms with Crippen LogP contribution in [-0.2, 0) is 9.53 Å². The summed E-state index contributed by atoms with van der Waals surface area (Å²) >= 11 is 12.1. The first-order valence-corrected chi connectivity index (χ1v) is 7.22. The third-order valence-electron chi connectivity index (χ3n) is 3.10. The Labute approximate surface area is 123 Å². The fourth-order valence-electron chi connectivity index (χ4n) is 1.89. The number of esters is 1. The molecule has 1 aromatic rings. The molecule has 0 bridgehead atoms. The van der Waals surface area contributed by atoms with Crippen LogP contribution in [0, 0.1) is 5.92 Å². The van der Waals surface area contributed by atoms with Crippen LogP contribution >= 0.6 is 23.2 Å². The minimum absolute atomic E-state index is 0.313. The molecule has 1 saturated carbocycles. The summed E-state index contributed by atoms with van der Waals surface area (Å²) in [5, 5.41) is 4.31. The summed E-state index contributed by atoms with van der Waals surface area (Å²) in [5.41, 5.74) is 0.674. The molecule has 0 amide bonds. The Morgan fingerprint density at radius 1 is 1.47 bits per heavy atom. The van der Waals surface area contributed by atoms with Crippen LogP contribution in [-0.4, -0.2) is 19.1 Å². The third kappa shape index (κ3) is 4.10. The minimum atomic E-state index is -0.549. The van der Waals surface area contributed by atoms with Crippen molar-refractivity contribution in [1.82, 2.24) is 5.32 Å². The van der Waals surface area contributed by atoms with Crippen LogP contribution in [0.1, 0.15) is 31.4 Å². The van der Waals surface area contributed by atoms with E-state index in [1.807, 2.05) is 0 Å². The number of ether oxygens (including phenoxy) is 1. The van der Waals surface area contributed by atoms with Crippen molar-refractivity contribution in [3.63, 3.8) is 0 Å². The van der Waals surface area contributed by atoms with Crippen molar-refractivity contribution in [2.75, 3.05) is 13.2 Å². The first kappa shape index (κ1) is 14.6. The van der Waals surface area contributed by atoms with E-state index >= 15 is 0 Å². The Morgan fingerprint density at radius 3 is 2.84 bits per heavy atom. The van der Waals surface area contributed by atoms with Crippen LogP contribution in [0.2, 0.25) is 10.0 Å². The number of hydrogen-bond donors (Lipinski definition) is 1. The molecule has 1 aromatic carbocycles. The molecular formula is C14H17Cl2NO2. The Kier molecular flexibility index (Phi) is 5.08. The monoisotopic (exact) mass is 301 g/mol.